The van der Waals surface area contributed by atoms with E-state index >= 15 is 0 Å². The van der Waals surface area contributed by atoms with Gasteiger partial charge in [0.25, 0.3) is 5.91 Å². The van der Waals surface area contributed by atoms with Crippen molar-refractivity contribution < 1.29 is 14.3 Å². The number of carbonyl (C=O) groups excluding carboxylic acids is 2. The molecule has 2 N–H and O–H groups in total. The van der Waals surface area contributed by atoms with Crippen LogP contribution in [-0.2, 0) is 4.79 Å². The molecule has 0 aliphatic rings. The lowest BCUT2D eigenvalue weighted by Crippen LogP contribution is -2.47. The van der Waals surface area contributed by atoms with E-state index < -0.39 is 6.04 Å². The lowest BCUT2D eigenvalue weighted by Gasteiger charge is -2.22. The van der Waals surface area contributed by atoms with Crippen molar-refractivity contribution in [2.45, 2.75) is 26.8 Å². The summed E-state index contributed by atoms with van der Waals surface area (Å²) in [6.45, 7) is 5.72. The predicted molar refractivity (Wildman–Crippen MR) is 107 cm³/mol. The fraction of sp³-hybridized carbons (Fsp3) is 0.300. The van der Waals surface area contributed by atoms with Crippen LogP contribution in [0.3, 0.4) is 0 Å². The molecule has 0 aromatic heterocycles. The minimum atomic E-state index is -0.670. The number of para-hydroxylation sites is 1. The van der Waals surface area contributed by atoms with E-state index in [1.54, 1.807) is 24.3 Å². The maximum atomic E-state index is 12.7. The van der Waals surface area contributed by atoms with Crippen LogP contribution in [0.5, 0.6) is 5.75 Å². The summed E-state index contributed by atoms with van der Waals surface area (Å²) in [5.74, 6) is -0.213. The summed E-state index contributed by atoms with van der Waals surface area (Å²) in [5, 5.41) is 5.68. The minimum Gasteiger partial charge on any atom is -0.496 e. The van der Waals surface area contributed by atoms with Crippen molar-refractivity contribution in [3.8, 4) is 5.75 Å². The lowest BCUT2D eigenvalue weighted by molar-refractivity contribution is -0.118. The highest BCUT2D eigenvalue weighted by molar-refractivity contribution is 9.10. The highest BCUT2D eigenvalue weighted by Crippen LogP contribution is 2.21. The van der Waals surface area contributed by atoms with Gasteiger partial charge in [0.15, 0.2) is 0 Å². The number of halogens is 1. The summed E-state index contributed by atoms with van der Waals surface area (Å²) < 4.78 is 6.20. The first-order valence-electron chi connectivity index (χ1n) is 8.34. The largest absolute Gasteiger partial charge is 0.496 e. The molecule has 2 rings (SSSR count). The van der Waals surface area contributed by atoms with Gasteiger partial charge in [-0.1, -0.05) is 41.9 Å². The third kappa shape index (κ3) is 4.85. The standard InChI is InChI=1S/C20H23BrN2O3/c1-12(2)18(20(25)22-14-9-10-16(21)13(3)11-14)23-19(24)15-7-5-6-8-17(15)26-4/h5-12,18H,1-4H3,(H,22,25)(H,23,24)/t18-/m0/s1. The number of aryl methyl sites for hydroxylation is 1. The van der Waals surface area contributed by atoms with Crippen molar-refractivity contribution in [2.24, 2.45) is 5.92 Å². The molecule has 0 unspecified atom stereocenters. The van der Waals surface area contributed by atoms with Crippen LogP contribution < -0.4 is 15.4 Å². The number of methoxy groups -OCH3 is 1. The van der Waals surface area contributed by atoms with E-state index in [2.05, 4.69) is 26.6 Å². The SMILES string of the molecule is COc1ccccc1C(=O)N[C@H](C(=O)Nc1ccc(Br)c(C)c1)C(C)C. The average Bonchev–Trinajstić information content (AvgIpc) is 2.62. The monoisotopic (exact) mass is 418 g/mol. The zero-order valence-corrected chi connectivity index (χ0v) is 16.9. The Balaban J connectivity index is 2.16. The van der Waals surface area contributed by atoms with E-state index in [9.17, 15) is 9.59 Å². The van der Waals surface area contributed by atoms with Gasteiger partial charge < -0.3 is 15.4 Å². The van der Waals surface area contributed by atoms with Gasteiger partial charge in [0.1, 0.15) is 11.8 Å². The number of amides is 2. The third-order valence-electron chi connectivity index (χ3n) is 4.01. The van der Waals surface area contributed by atoms with Gasteiger partial charge in [0.2, 0.25) is 5.91 Å². The van der Waals surface area contributed by atoms with Crippen LogP contribution in [0.4, 0.5) is 5.69 Å². The number of nitrogens with one attached hydrogen (secondary N) is 2. The molecule has 0 spiro atoms. The van der Waals surface area contributed by atoms with Gasteiger partial charge in [-0.2, -0.15) is 0 Å². The zero-order valence-electron chi connectivity index (χ0n) is 15.3. The topological polar surface area (TPSA) is 67.4 Å². The molecule has 0 fully saturated rings. The van der Waals surface area contributed by atoms with E-state index in [1.807, 2.05) is 39.0 Å². The number of hydrogen-bond donors (Lipinski definition) is 2. The van der Waals surface area contributed by atoms with E-state index in [0.717, 1.165) is 10.0 Å². The normalized spacial score (nSPS) is 11.8. The molecule has 0 saturated heterocycles. The molecule has 0 saturated carbocycles. The van der Waals surface area contributed by atoms with Crippen molar-refractivity contribution in [1.29, 1.82) is 0 Å². The zero-order chi connectivity index (χ0) is 19.3. The second kappa shape index (κ2) is 8.85. The first-order chi connectivity index (χ1) is 12.3. The molecule has 138 valence electrons. The predicted octanol–water partition coefficient (Wildman–Crippen LogP) is 4.16. The van der Waals surface area contributed by atoms with Crippen LogP contribution in [0.2, 0.25) is 0 Å². The molecule has 0 bridgehead atoms. The second-order valence-electron chi connectivity index (χ2n) is 6.35. The Bertz CT molecular complexity index is 805. The first kappa shape index (κ1) is 20.0. The van der Waals surface area contributed by atoms with Gasteiger partial charge in [-0.15, -0.1) is 0 Å². The van der Waals surface area contributed by atoms with E-state index in [1.165, 1.54) is 7.11 Å². The smallest absolute Gasteiger partial charge is 0.255 e. The summed E-state index contributed by atoms with van der Waals surface area (Å²) in [6, 6.07) is 11.8. The molecule has 2 amide bonds. The Labute approximate surface area is 162 Å². The van der Waals surface area contributed by atoms with Crippen molar-refractivity contribution in [3.05, 3.63) is 58.1 Å². The number of anilines is 1. The fourth-order valence-electron chi connectivity index (χ4n) is 2.53. The lowest BCUT2D eigenvalue weighted by atomic mass is 10.0. The number of benzene rings is 2. The maximum Gasteiger partial charge on any atom is 0.255 e. The number of hydrogen-bond acceptors (Lipinski definition) is 3. The maximum absolute atomic E-state index is 12.7. The van der Waals surface area contributed by atoms with Gasteiger partial charge in [0.05, 0.1) is 12.7 Å². The molecule has 0 aliphatic heterocycles. The molecule has 2 aromatic carbocycles. The highest BCUT2D eigenvalue weighted by atomic mass is 79.9. The molecular formula is C20H23BrN2O3. The van der Waals surface area contributed by atoms with E-state index in [4.69, 9.17) is 4.74 Å². The van der Waals surface area contributed by atoms with E-state index in [-0.39, 0.29) is 17.7 Å². The summed E-state index contributed by atoms with van der Waals surface area (Å²) in [6.07, 6.45) is 0. The molecule has 0 heterocycles. The average molecular weight is 419 g/mol. The van der Waals surface area contributed by atoms with E-state index in [0.29, 0.717) is 17.0 Å². The number of carbonyl (C=O) groups is 2. The Morgan fingerprint density at radius 2 is 1.81 bits per heavy atom. The summed E-state index contributed by atoms with van der Waals surface area (Å²) in [4.78, 5) is 25.3. The number of ether oxygens (including phenoxy) is 1. The van der Waals surface area contributed by atoms with Gasteiger partial charge >= 0.3 is 0 Å². The molecular weight excluding hydrogens is 396 g/mol. The molecule has 2 aromatic rings. The van der Waals surface area contributed by atoms with Gasteiger partial charge in [0, 0.05) is 10.2 Å². The molecule has 6 heteroatoms. The molecule has 1 atom stereocenters. The Hall–Kier alpha value is -2.34. The molecule has 0 radical (unpaired) electrons. The Morgan fingerprint density at radius 1 is 1.12 bits per heavy atom. The minimum absolute atomic E-state index is 0.0785. The van der Waals surface area contributed by atoms with Crippen LogP contribution >= 0.6 is 15.9 Å². The van der Waals surface area contributed by atoms with Crippen molar-refractivity contribution in [3.63, 3.8) is 0 Å². The van der Waals surface area contributed by atoms with Crippen LogP contribution in [-0.4, -0.2) is 25.0 Å². The third-order valence-corrected chi connectivity index (χ3v) is 4.90. The van der Waals surface area contributed by atoms with Gasteiger partial charge in [-0.25, -0.2) is 0 Å². The molecule has 5 nitrogen and oxygen atoms in total. The highest BCUT2D eigenvalue weighted by Gasteiger charge is 2.26. The van der Waals surface area contributed by atoms with Crippen LogP contribution in [0.1, 0.15) is 29.8 Å². The summed E-state index contributed by atoms with van der Waals surface area (Å²) >= 11 is 3.44. The Morgan fingerprint density at radius 3 is 2.42 bits per heavy atom. The summed E-state index contributed by atoms with van der Waals surface area (Å²) in [5.41, 5.74) is 2.10. The number of rotatable bonds is 6. The molecule has 0 aliphatic carbocycles. The molecule has 26 heavy (non-hydrogen) atoms. The first-order valence-corrected chi connectivity index (χ1v) is 9.13. The van der Waals surface area contributed by atoms with Crippen molar-refractivity contribution >= 4 is 33.4 Å². The second-order valence-corrected chi connectivity index (χ2v) is 7.20. The van der Waals surface area contributed by atoms with Crippen LogP contribution in [0, 0.1) is 12.8 Å². The van der Waals surface area contributed by atoms with Crippen LogP contribution in [0.25, 0.3) is 0 Å². The van der Waals surface area contributed by atoms with Crippen LogP contribution in [0.15, 0.2) is 46.9 Å². The van der Waals surface area contributed by atoms with Gasteiger partial charge in [-0.3, -0.25) is 9.59 Å². The summed E-state index contributed by atoms with van der Waals surface area (Å²) in [7, 11) is 1.51. The fourth-order valence-corrected chi connectivity index (χ4v) is 2.78. The van der Waals surface area contributed by atoms with Crippen molar-refractivity contribution in [1.82, 2.24) is 5.32 Å². The van der Waals surface area contributed by atoms with Gasteiger partial charge in [-0.05, 0) is 48.7 Å². The Kier molecular flexibility index (Phi) is 6.80. The quantitative estimate of drug-likeness (QED) is 0.739. The van der Waals surface area contributed by atoms with Crippen molar-refractivity contribution in [2.75, 3.05) is 12.4 Å².